The number of aromatic nitrogens is 1. The third kappa shape index (κ3) is 6.23. The van der Waals surface area contributed by atoms with Crippen molar-refractivity contribution in [1.29, 1.82) is 0 Å². The van der Waals surface area contributed by atoms with E-state index in [4.69, 9.17) is 0 Å². The predicted molar refractivity (Wildman–Crippen MR) is 255 cm³/mol. The molecule has 0 atom stereocenters. The molecule has 11 rings (SSSR count). The molecule has 0 aliphatic rings. The van der Waals surface area contributed by atoms with Crippen LogP contribution < -0.4 is 4.90 Å². The predicted octanol–water partition coefficient (Wildman–Crippen LogP) is 16.1. The van der Waals surface area contributed by atoms with Crippen LogP contribution in [0.5, 0.6) is 0 Å². The van der Waals surface area contributed by atoms with Gasteiger partial charge in [-0.25, -0.2) is 0 Å². The van der Waals surface area contributed by atoms with Crippen LogP contribution in [-0.4, -0.2) is 4.57 Å². The second kappa shape index (κ2) is 15.1. The Morgan fingerprint density at radius 2 is 0.817 bits per heavy atom. The molecule has 0 unspecified atom stereocenters. The molecule has 0 spiro atoms. The second-order valence-corrected chi connectivity index (χ2v) is 15.3. The summed E-state index contributed by atoms with van der Waals surface area (Å²) < 4.78 is 2.44. The highest BCUT2D eigenvalue weighted by Gasteiger charge is 2.20. The summed E-state index contributed by atoms with van der Waals surface area (Å²) in [6.07, 6.45) is 0. The van der Waals surface area contributed by atoms with E-state index in [1.807, 2.05) is 0 Å². The summed E-state index contributed by atoms with van der Waals surface area (Å²) in [5, 5.41) is 4.97. The normalized spacial score (nSPS) is 11.3. The second-order valence-electron chi connectivity index (χ2n) is 15.3. The van der Waals surface area contributed by atoms with Gasteiger partial charge in [0.2, 0.25) is 0 Å². The summed E-state index contributed by atoms with van der Waals surface area (Å²) in [6.45, 7) is 0. The Bertz CT molecular complexity index is 3270. The minimum absolute atomic E-state index is 1.09. The highest BCUT2D eigenvalue weighted by molar-refractivity contribution is 6.22. The third-order valence-electron chi connectivity index (χ3n) is 11.8. The zero-order valence-electron chi connectivity index (χ0n) is 33.0. The van der Waals surface area contributed by atoms with Gasteiger partial charge in [-0.3, -0.25) is 0 Å². The SMILES string of the molecule is c1ccc(-c2ccc(N(c3ccc(-c4ccccc4-c4ccccc4)cc3)c3cccc(-c4cccc5c4c4ccc6ccccc6c4n5-c4ccccc4)c3)cc2)cc1. The summed E-state index contributed by atoms with van der Waals surface area (Å²) in [6, 6.07) is 87.8. The monoisotopic (exact) mass is 764 g/mol. The summed E-state index contributed by atoms with van der Waals surface area (Å²) in [5.41, 5.74) is 16.4. The first-order valence-corrected chi connectivity index (χ1v) is 20.6. The Kier molecular flexibility index (Phi) is 8.87. The molecule has 10 aromatic carbocycles. The molecule has 282 valence electrons. The number of rotatable bonds is 8. The maximum atomic E-state index is 2.44. The van der Waals surface area contributed by atoms with E-state index in [0.717, 1.165) is 28.3 Å². The van der Waals surface area contributed by atoms with Crippen LogP contribution in [0.1, 0.15) is 0 Å². The first-order valence-electron chi connectivity index (χ1n) is 20.6. The zero-order chi connectivity index (χ0) is 39.8. The van der Waals surface area contributed by atoms with E-state index in [2.05, 4.69) is 252 Å². The molecule has 0 saturated heterocycles. The fourth-order valence-corrected chi connectivity index (χ4v) is 9.00. The summed E-state index contributed by atoms with van der Waals surface area (Å²) >= 11 is 0. The molecular weight excluding hydrogens is 725 g/mol. The average Bonchev–Trinajstić information content (AvgIpc) is 3.68. The first kappa shape index (κ1) is 35.2. The van der Waals surface area contributed by atoms with Crippen molar-refractivity contribution in [2.24, 2.45) is 0 Å². The van der Waals surface area contributed by atoms with Gasteiger partial charge in [0.1, 0.15) is 0 Å². The largest absolute Gasteiger partial charge is 0.310 e. The molecule has 2 nitrogen and oxygen atoms in total. The van der Waals surface area contributed by atoms with Gasteiger partial charge in [0.15, 0.2) is 0 Å². The topological polar surface area (TPSA) is 8.17 Å². The van der Waals surface area contributed by atoms with Crippen molar-refractivity contribution in [3.05, 3.63) is 243 Å². The summed E-state index contributed by atoms with van der Waals surface area (Å²) in [5.74, 6) is 0. The van der Waals surface area contributed by atoms with Gasteiger partial charge in [-0.15, -0.1) is 0 Å². The van der Waals surface area contributed by atoms with Gasteiger partial charge in [0, 0.05) is 38.9 Å². The van der Waals surface area contributed by atoms with E-state index in [0.29, 0.717) is 0 Å². The van der Waals surface area contributed by atoms with Crippen molar-refractivity contribution in [2.45, 2.75) is 0 Å². The van der Waals surface area contributed by atoms with Crippen LogP contribution >= 0.6 is 0 Å². The lowest BCUT2D eigenvalue weighted by Crippen LogP contribution is -2.10. The zero-order valence-corrected chi connectivity index (χ0v) is 33.0. The number of hydrogen-bond acceptors (Lipinski definition) is 1. The molecular formula is C58H40N2. The van der Waals surface area contributed by atoms with E-state index in [1.165, 1.54) is 71.5 Å². The van der Waals surface area contributed by atoms with Crippen molar-refractivity contribution in [3.8, 4) is 50.2 Å². The molecule has 0 bridgehead atoms. The quantitative estimate of drug-likeness (QED) is 0.150. The maximum absolute atomic E-state index is 2.44. The van der Waals surface area contributed by atoms with Crippen LogP contribution in [0.25, 0.3) is 82.8 Å². The molecule has 0 radical (unpaired) electrons. The lowest BCUT2D eigenvalue weighted by atomic mass is 9.94. The molecule has 1 aromatic heterocycles. The summed E-state index contributed by atoms with van der Waals surface area (Å²) in [4.78, 5) is 2.38. The van der Waals surface area contributed by atoms with Crippen molar-refractivity contribution in [2.75, 3.05) is 4.90 Å². The molecule has 1 heterocycles. The molecule has 0 saturated carbocycles. The van der Waals surface area contributed by atoms with Crippen molar-refractivity contribution in [3.63, 3.8) is 0 Å². The van der Waals surface area contributed by atoms with Gasteiger partial charge < -0.3 is 9.47 Å². The highest BCUT2D eigenvalue weighted by Crippen LogP contribution is 2.44. The number of fused-ring (bicyclic) bond motifs is 5. The standard InChI is InChI=1S/C58H40N2/c1-4-16-41(17-5-1)42-30-35-48(36-31-42)59(49-37-32-45(33-38-49)52-26-13-12-25-51(52)43-18-6-2-7-19-43)50-24-14-21-46(40-50)53-28-15-29-56-57(53)55-39-34-44-20-10-11-27-54(44)58(55)60(56)47-22-8-3-9-23-47/h1-40H. The Balaban J connectivity index is 1.07. The number of para-hydroxylation sites is 1. The molecule has 0 aliphatic carbocycles. The molecule has 0 aliphatic heterocycles. The Morgan fingerprint density at radius 1 is 0.300 bits per heavy atom. The van der Waals surface area contributed by atoms with E-state index in [1.54, 1.807) is 0 Å². The van der Waals surface area contributed by atoms with Gasteiger partial charge in [-0.1, -0.05) is 188 Å². The average molecular weight is 765 g/mol. The Labute approximate surface area is 350 Å². The van der Waals surface area contributed by atoms with Crippen LogP contribution in [-0.2, 0) is 0 Å². The number of hydrogen-bond donors (Lipinski definition) is 0. The fraction of sp³-hybridized carbons (Fsp3) is 0. The molecule has 2 heteroatoms. The highest BCUT2D eigenvalue weighted by atomic mass is 15.1. The van der Waals surface area contributed by atoms with Crippen LogP contribution in [0.4, 0.5) is 17.1 Å². The van der Waals surface area contributed by atoms with Crippen LogP contribution in [0.15, 0.2) is 243 Å². The Hall–Kier alpha value is -7.94. The van der Waals surface area contributed by atoms with Crippen LogP contribution in [0, 0.1) is 0 Å². The molecule has 0 fully saturated rings. The van der Waals surface area contributed by atoms with Crippen molar-refractivity contribution >= 4 is 49.6 Å². The van der Waals surface area contributed by atoms with Crippen molar-refractivity contribution in [1.82, 2.24) is 4.57 Å². The molecule has 0 N–H and O–H groups in total. The van der Waals surface area contributed by atoms with Crippen LogP contribution in [0.3, 0.4) is 0 Å². The maximum Gasteiger partial charge on any atom is 0.0619 e. The van der Waals surface area contributed by atoms with E-state index >= 15 is 0 Å². The number of benzene rings is 10. The first-order chi connectivity index (χ1) is 29.8. The minimum atomic E-state index is 1.09. The lowest BCUT2D eigenvalue weighted by Gasteiger charge is -2.26. The minimum Gasteiger partial charge on any atom is -0.310 e. The lowest BCUT2D eigenvalue weighted by molar-refractivity contribution is 1.19. The van der Waals surface area contributed by atoms with Crippen molar-refractivity contribution < 1.29 is 0 Å². The third-order valence-corrected chi connectivity index (χ3v) is 11.8. The number of nitrogens with zero attached hydrogens (tertiary/aromatic N) is 2. The fourth-order valence-electron chi connectivity index (χ4n) is 9.00. The smallest absolute Gasteiger partial charge is 0.0619 e. The number of anilines is 3. The molecule has 60 heavy (non-hydrogen) atoms. The van der Waals surface area contributed by atoms with Gasteiger partial charge in [-0.05, 0) is 104 Å². The van der Waals surface area contributed by atoms with E-state index < -0.39 is 0 Å². The van der Waals surface area contributed by atoms with E-state index in [-0.39, 0.29) is 0 Å². The van der Waals surface area contributed by atoms with Gasteiger partial charge in [0.05, 0.1) is 11.0 Å². The van der Waals surface area contributed by atoms with Gasteiger partial charge in [0.25, 0.3) is 0 Å². The summed E-state index contributed by atoms with van der Waals surface area (Å²) in [7, 11) is 0. The van der Waals surface area contributed by atoms with E-state index in [9.17, 15) is 0 Å². The Morgan fingerprint density at radius 3 is 1.52 bits per heavy atom. The van der Waals surface area contributed by atoms with Gasteiger partial charge >= 0.3 is 0 Å². The van der Waals surface area contributed by atoms with Gasteiger partial charge in [-0.2, -0.15) is 0 Å². The molecule has 0 amide bonds. The molecule has 11 aromatic rings. The van der Waals surface area contributed by atoms with Crippen LogP contribution in [0.2, 0.25) is 0 Å².